The Labute approximate surface area is 162 Å². The van der Waals surface area contributed by atoms with Gasteiger partial charge in [0.25, 0.3) is 6.29 Å². The number of nitrogens with one attached hydrogen (secondary N) is 1. The van der Waals surface area contributed by atoms with Crippen LogP contribution in [0.1, 0.15) is 11.9 Å². The van der Waals surface area contributed by atoms with Crippen molar-refractivity contribution in [3.05, 3.63) is 89.6 Å². The third-order valence-corrected chi connectivity index (χ3v) is 4.22. The second kappa shape index (κ2) is 7.55. The highest BCUT2D eigenvalue weighted by atomic mass is 35.5. The van der Waals surface area contributed by atoms with Gasteiger partial charge >= 0.3 is 0 Å². The van der Waals surface area contributed by atoms with Crippen molar-refractivity contribution >= 4 is 29.1 Å². The van der Waals surface area contributed by atoms with Gasteiger partial charge < -0.3 is 14.8 Å². The minimum Gasteiger partial charge on any atom is -0.453 e. The molecule has 27 heavy (non-hydrogen) atoms. The number of nitrogens with zero attached hydrogens (tertiary/aromatic N) is 3. The summed E-state index contributed by atoms with van der Waals surface area (Å²) in [5.74, 6) is 1.71. The third kappa shape index (κ3) is 3.96. The molecule has 0 saturated carbocycles. The minimum atomic E-state index is -0.537. The molecule has 1 aromatic heterocycles. The van der Waals surface area contributed by atoms with Crippen LogP contribution < -0.4 is 10.2 Å². The summed E-state index contributed by atoms with van der Waals surface area (Å²) in [4.78, 5) is 10.6. The lowest BCUT2D eigenvalue weighted by Crippen LogP contribution is -2.19. The van der Waals surface area contributed by atoms with E-state index in [0.717, 1.165) is 11.3 Å². The average molecular weight is 381 g/mol. The van der Waals surface area contributed by atoms with E-state index in [1.165, 1.54) is 0 Å². The zero-order valence-corrected chi connectivity index (χ0v) is 15.3. The summed E-state index contributed by atoms with van der Waals surface area (Å²) in [5, 5.41) is 3.81. The van der Waals surface area contributed by atoms with Gasteiger partial charge in [-0.3, -0.25) is 4.90 Å². The molecule has 0 saturated heterocycles. The largest absolute Gasteiger partial charge is 0.453 e. The summed E-state index contributed by atoms with van der Waals surface area (Å²) in [6.45, 7) is 0. The molecule has 7 heteroatoms. The van der Waals surface area contributed by atoms with Gasteiger partial charge in [-0.15, -0.1) is 0 Å². The number of rotatable bonds is 5. The maximum Gasteiger partial charge on any atom is 0.268 e. The molecule has 0 amide bonds. The molecule has 1 unspecified atom stereocenters. The molecule has 1 N–H and O–H groups in total. The third-order valence-electron chi connectivity index (χ3n) is 3.99. The van der Waals surface area contributed by atoms with Crippen LogP contribution >= 0.6 is 11.6 Å². The van der Waals surface area contributed by atoms with Gasteiger partial charge in [-0.2, -0.15) is 4.98 Å². The van der Waals surface area contributed by atoms with Crippen molar-refractivity contribution in [2.24, 2.45) is 0 Å². The first-order chi connectivity index (χ1) is 13.2. The van der Waals surface area contributed by atoms with Gasteiger partial charge in [-0.1, -0.05) is 41.9 Å². The number of halogens is 1. The van der Waals surface area contributed by atoms with Crippen molar-refractivity contribution in [1.82, 2.24) is 9.97 Å². The highest BCUT2D eigenvalue weighted by Gasteiger charge is 2.25. The van der Waals surface area contributed by atoms with E-state index >= 15 is 0 Å². The van der Waals surface area contributed by atoms with Crippen molar-refractivity contribution < 1.29 is 9.47 Å². The van der Waals surface area contributed by atoms with Crippen LogP contribution in [0.4, 0.5) is 17.5 Å². The first-order valence-corrected chi connectivity index (χ1v) is 8.73. The van der Waals surface area contributed by atoms with Crippen molar-refractivity contribution in [2.45, 2.75) is 6.29 Å². The molecule has 0 aliphatic carbocycles. The van der Waals surface area contributed by atoms with Crippen LogP contribution in [-0.4, -0.2) is 17.0 Å². The molecule has 4 rings (SSSR count). The summed E-state index contributed by atoms with van der Waals surface area (Å²) in [6.07, 6.45) is 2.72. The molecular weight excluding hydrogens is 364 g/mol. The lowest BCUT2D eigenvalue weighted by atomic mass is 10.2. The van der Waals surface area contributed by atoms with Gasteiger partial charge in [0.2, 0.25) is 11.8 Å². The molecule has 0 bridgehead atoms. The number of ether oxygens (including phenoxy) is 2. The monoisotopic (exact) mass is 380 g/mol. The molecule has 2 aromatic carbocycles. The Morgan fingerprint density at radius 1 is 1.07 bits per heavy atom. The van der Waals surface area contributed by atoms with Crippen molar-refractivity contribution in [3.63, 3.8) is 0 Å². The van der Waals surface area contributed by atoms with Crippen LogP contribution in [0.5, 0.6) is 0 Å². The van der Waals surface area contributed by atoms with E-state index in [4.69, 9.17) is 21.1 Å². The number of aromatic nitrogens is 2. The van der Waals surface area contributed by atoms with E-state index in [0.29, 0.717) is 22.7 Å². The van der Waals surface area contributed by atoms with E-state index in [2.05, 4.69) is 15.3 Å². The van der Waals surface area contributed by atoms with Gasteiger partial charge in [0.1, 0.15) is 12.1 Å². The van der Waals surface area contributed by atoms with Crippen molar-refractivity contribution in [2.75, 3.05) is 17.3 Å². The van der Waals surface area contributed by atoms with Gasteiger partial charge in [0.15, 0.2) is 0 Å². The van der Waals surface area contributed by atoms with Crippen molar-refractivity contribution in [1.29, 1.82) is 0 Å². The van der Waals surface area contributed by atoms with Gasteiger partial charge in [-0.25, -0.2) is 4.98 Å². The zero-order valence-electron chi connectivity index (χ0n) is 14.5. The lowest BCUT2D eigenvalue weighted by molar-refractivity contribution is -0.0346. The molecular formula is C20H17ClN4O2. The Kier molecular flexibility index (Phi) is 4.80. The highest BCUT2D eigenvalue weighted by Crippen LogP contribution is 2.32. The minimum absolute atomic E-state index is 0.497. The van der Waals surface area contributed by atoms with E-state index in [9.17, 15) is 0 Å². The van der Waals surface area contributed by atoms with Crippen molar-refractivity contribution in [3.8, 4) is 0 Å². The molecule has 1 aliphatic heterocycles. The molecule has 136 valence electrons. The second-order valence-electron chi connectivity index (χ2n) is 5.89. The van der Waals surface area contributed by atoms with Gasteiger partial charge in [0, 0.05) is 29.5 Å². The van der Waals surface area contributed by atoms with Gasteiger partial charge in [-0.05, 0) is 30.3 Å². The Bertz CT molecular complexity index is 965. The summed E-state index contributed by atoms with van der Waals surface area (Å²) >= 11 is 6.04. The molecule has 0 spiro atoms. The highest BCUT2D eigenvalue weighted by molar-refractivity contribution is 6.30. The quantitative estimate of drug-likeness (QED) is 0.682. The number of hydrogen-bond acceptors (Lipinski definition) is 6. The van der Waals surface area contributed by atoms with Crippen LogP contribution in [0.15, 0.2) is 79.0 Å². The first-order valence-electron chi connectivity index (χ1n) is 8.36. The Hall–Kier alpha value is -3.25. The van der Waals surface area contributed by atoms with E-state index in [-0.39, 0.29) is 0 Å². The van der Waals surface area contributed by atoms with E-state index < -0.39 is 6.29 Å². The number of para-hydroxylation sites is 1. The SMILES string of the molecule is CN(C1=COC(c2cccc(Cl)c2)O1)c1ccnc(Nc2ccccc2)n1. The summed E-state index contributed by atoms with van der Waals surface area (Å²) in [6, 6.07) is 18.9. The predicted octanol–water partition coefficient (Wildman–Crippen LogP) is 4.85. The molecule has 1 aliphatic rings. The molecule has 0 fully saturated rings. The lowest BCUT2D eigenvalue weighted by Gasteiger charge is -2.19. The second-order valence-corrected chi connectivity index (χ2v) is 6.32. The van der Waals surface area contributed by atoms with Gasteiger partial charge in [0.05, 0.1) is 0 Å². The number of anilines is 3. The normalized spacial score (nSPS) is 15.5. The standard InChI is InChI=1S/C20H17ClN4O2/c1-25(18-13-26-19(27-18)14-6-5-7-15(21)12-14)17-10-11-22-20(24-17)23-16-8-3-2-4-9-16/h2-13,19H,1H3,(H,22,23,24). The molecule has 2 heterocycles. The van der Waals surface area contributed by atoms with Crippen LogP contribution in [-0.2, 0) is 9.47 Å². The van der Waals surface area contributed by atoms with Crippen LogP contribution in [0.25, 0.3) is 0 Å². The van der Waals surface area contributed by atoms with E-state index in [1.807, 2.05) is 61.6 Å². The Morgan fingerprint density at radius 2 is 1.93 bits per heavy atom. The predicted molar refractivity (Wildman–Crippen MR) is 105 cm³/mol. The maximum atomic E-state index is 6.04. The Balaban J connectivity index is 1.47. The summed E-state index contributed by atoms with van der Waals surface area (Å²) < 4.78 is 11.5. The fourth-order valence-corrected chi connectivity index (χ4v) is 2.80. The number of hydrogen-bond donors (Lipinski definition) is 1. The number of benzene rings is 2. The van der Waals surface area contributed by atoms with E-state index in [1.54, 1.807) is 23.4 Å². The molecule has 1 atom stereocenters. The van der Waals surface area contributed by atoms with Crippen LogP contribution in [0.3, 0.4) is 0 Å². The van der Waals surface area contributed by atoms with Crippen LogP contribution in [0.2, 0.25) is 5.02 Å². The molecule has 3 aromatic rings. The summed E-state index contributed by atoms with van der Waals surface area (Å²) in [7, 11) is 1.85. The fourth-order valence-electron chi connectivity index (χ4n) is 2.60. The van der Waals surface area contributed by atoms with Crippen LogP contribution in [0, 0.1) is 0 Å². The first kappa shape index (κ1) is 17.2. The topological polar surface area (TPSA) is 59.5 Å². The molecule has 6 nitrogen and oxygen atoms in total. The fraction of sp³-hybridized carbons (Fsp3) is 0.100. The maximum absolute atomic E-state index is 6.04. The Morgan fingerprint density at radius 3 is 2.74 bits per heavy atom. The average Bonchev–Trinajstić information content (AvgIpc) is 3.19. The summed E-state index contributed by atoms with van der Waals surface area (Å²) in [5.41, 5.74) is 1.76. The smallest absolute Gasteiger partial charge is 0.268 e. The molecule has 0 radical (unpaired) electrons. The zero-order chi connectivity index (χ0) is 18.6.